The van der Waals surface area contributed by atoms with E-state index in [0.717, 1.165) is 11.6 Å². The Morgan fingerprint density at radius 3 is 2.79 bits per heavy atom. The van der Waals surface area contributed by atoms with Gasteiger partial charge in [0.25, 0.3) is 5.91 Å². The number of halogens is 2. The van der Waals surface area contributed by atoms with Gasteiger partial charge in [-0.05, 0) is 24.3 Å². The second kappa shape index (κ2) is 6.67. The van der Waals surface area contributed by atoms with Gasteiger partial charge in [-0.25, -0.2) is 4.39 Å². The number of carbonyl (C=O) groups excluding carboxylic acids is 2. The number of nitrogens with one attached hydrogen (secondary N) is 3. The first-order valence-corrected chi connectivity index (χ1v) is 7.38. The van der Waals surface area contributed by atoms with Crippen LogP contribution in [-0.4, -0.2) is 28.6 Å². The monoisotopic (exact) mass is 346 g/mol. The molecule has 0 aliphatic rings. The van der Waals surface area contributed by atoms with Gasteiger partial charge in [0.05, 0.1) is 17.1 Å². The maximum absolute atomic E-state index is 13.1. The number of aromatic nitrogens is 2. The van der Waals surface area contributed by atoms with Crippen LogP contribution >= 0.6 is 11.6 Å². The lowest BCUT2D eigenvalue weighted by Crippen LogP contribution is -2.33. The Morgan fingerprint density at radius 2 is 2.00 bits per heavy atom. The molecular weight excluding hydrogens is 335 g/mol. The molecule has 0 radical (unpaired) electrons. The number of aromatic amines is 1. The van der Waals surface area contributed by atoms with Crippen molar-refractivity contribution < 1.29 is 14.0 Å². The summed E-state index contributed by atoms with van der Waals surface area (Å²) in [5.74, 6) is -1.51. The van der Waals surface area contributed by atoms with Crippen molar-refractivity contribution in [3.05, 3.63) is 59.0 Å². The maximum atomic E-state index is 13.1. The first kappa shape index (κ1) is 15.9. The molecule has 3 N–H and O–H groups in total. The molecule has 0 aliphatic carbocycles. The van der Waals surface area contributed by atoms with Crippen LogP contribution in [0.3, 0.4) is 0 Å². The highest BCUT2D eigenvalue weighted by molar-refractivity contribution is 6.31. The highest BCUT2D eigenvalue weighted by atomic mass is 35.5. The van der Waals surface area contributed by atoms with Crippen molar-refractivity contribution in [2.24, 2.45) is 0 Å². The molecule has 2 aromatic carbocycles. The SMILES string of the molecule is O=C(CNC(=O)c1n[nH]c2ccccc12)Nc1ccc(F)c(Cl)c1. The molecule has 0 saturated heterocycles. The van der Waals surface area contributed by atoms with E-state index in [2.05, 4.69) is 20.8 Å². The van der Waals surface area contributed by atoms with E-state index >= 15 is 0 Å². The Bertz CT molecular complexity index is 925. The summed E-state index contributed by atoms with van der Waals surface area (Å²) in [7, 11) is 0. The zero-order valence-electron chi connectivity index (χ0n) is 12.3. The summed E-state index contributed by atoms with van der Waals surface area (Å²) in [4.78, 5) is 24.0. The average molecular weight is 347 g/mol. The second-order valence-electron chi connectivity index (χ2n) is 4.98. The fraction of sp³-hybridized carbons (Fsp3) is 0.0625. The molecular formula is C16H12ClFN4O2. The Kier molecular flexibility index (Phi) is 4.43. The Balaban J connectivity index is 1.61. The Labute approximate surface area is 141 Å². The van der Waals surface area contributed by atoms with Gasteiger partial charge in [-0.15, -0.1) is 0 Å². The summed E-state index contributed by atoms with van der Waals surface area (Å²) in [6.45, 7) is -0.255. The lowest BCUT2D eigenvalue weighted by molar-refractivity contribution is -0.115. The molecule has 3 rings (SSSR count). The molecule has 0 fully saturated rings. The number of hydrogen-bond donors (Lipinski definition) is 3. The summed E-state index contributed by atoms with van der Waals surface area (Å²) in [6.07, 6.45) is 0. The largest absolute Gasteiger partial charge is 0.342 e. The Morgan fingerprint density at radius 1 is 1.21 bits per heavy atom. The van der Waals surface area contributed by atoms with Gasteiger partial charge in [0, 0.05) is 11.1 Å². The topological polar surface area (TPSA) is 86.9 Å². The fourth-order valence-corrected chi connectivity index (χ4v) is 2.34. The molecule has 0 aliphatic heterocycles. The lowest BCUT2D eigenvalue weighted by atomic mass is 10.2. The van der Waals surface area contributed by atoms with Crippen LogP contribution in [0.15, 0.2) is 42.5 Å². The quantitative estimate of drug-likeness (QED) is 0.679. The summed E-state index contributed by atoms with van der Waals surface area (Å²) < 4.78 is 13.1. The van der Waals surface area contributed by atoms with E-state index in [0.29, 0.717) is 11.1 Å². The Hall–Kier alpha value is -2.93. The molecule has 24 heavy (non-hydrogen) atoms. The molecule has 0 saturated carbocycles. The van der Waals surface area contributed by atoms with Gasteiger partial charge in [0.1, 0.15) is 5.82 Å². The predicted molar refractivity (Wildman–Crippen MR) is 88.5 cm³/mol. The molecule has 8 heteroatoms. The van der Waals surface area contributed by atoms with Crippen LogP contribution < -0.4 is 10.6 Å². The molecule has 0 bridgehead atoms. The van der Waals surface area contributed by atoms with Crippen molar-refractivity contribution in [3.63, 3.8) is 0 Å². The molecule has 122 valence electrons. The molecule has 1 aromatic heterocycles. The van der Waals surface area contributed by atoms with Crippen molar-refractivity contribution in [1.82, 2.24) is 15.5 Å². The number of nitrogens with zero attached hydrogens (tertiary/aromatic N) is 1. The van der Waals surface area contributed by atoms with Crippen molar-refractivity contribution in [1.29, 1.82) is 0 Å². The van der Waals surface area contributed by atoms with Crippen LogP contribution in [0.25, 0.3) is 10.9 Å². The summed E-state index contributed by atoms with van der Waals surface area (Å²) in [6, 6.07) is 11.0. The average Bonchev–Trinajstić information content (AvgIpc) is 3.00. The van der Waals surface area contributed by atoms with Crippen LogP contribution in [0, 0.1) is 5.82 Å². The number of benzene rings is 2. The smallest absolute Gasteiger partial charge is 0.272 e. The molecule has 2 amide bonds. The molecule has 1 heterocycles. The summed E-state index contributed by atoms with van der Waals surface area (Å²) in [5.41, 5.74) is 1.28. The summed E-state index contributed by atoms with van der Waals surface area (Å²) >= 11 is 5.64. The van der Waals surface area contributed by atoms with E-state index in [4.69, 9.17) is 11.6 Å². The van der Waals surface area contributed by atoms with Gasteiger partial charge in [0.2, 0.25) is 5.91 Å². The van der Waals surface area contributed by atoms with Crippen LogP contribution in [0.4, 0.5) is 10.1 Å². The third-order valence-electron chi connectivity index (χ3n) is 3.30. The highest BCUT2D eigenvalue weighted by Gasteiger charge is 2.14. The molecule has 0 spiro atoms. The van der Waals surface area contributed by atoms with Gasteiger partial charge < -0.3 is 10.6 Å². The van der Waals surface area contributed by atoms with Gasteiger partial charge in [0.15, 0.2) is 5.69 Å². The zero-order chi connectivity index (χ0) is 17.1. The number of amides is 2. The molecule has 0 unspecified atom stereocenters. The third-order valence-corrected chi connectivity index (χ3v) is 3.59. The lowest BCUT2D eigenvalue weighted by Gasteiger charge is -2.07. The van der Waals surface area contributed by atoms with E-state index in [1.54, 1.807) is 18.2 Å². The van der Waals surface area contributed by atoms with E-state index in [9.17, 15) is 14.0 Å². The number of rotatable bonds is 4. The van der Waals surface area contributed by atoms with Gasteiger partial charge >= 0.3 is 0 Å². The minimum atomic E-state index is -0.576. The van der Waals surface area contributed by atoms with Gasteiger partial charge in [-0.2, -0.15) is 5.10 Å². The minimum Gasteiger partial charge on any atom is -0.342 e. The van der Waals surface area contributed by atoms with Crippen LogP contribution in [0.2, 0.25) is 5.02 Å². The zero-order valence-corrected chi connectivity index (χ0v) is 13.0. The first-order valence-electron chi connectivity index (χ1n) is 7.01. The molecule has 6 nitrogen and oxygen atoms in total. The molecule has 3 aromatic rings. The van der Waals surface area contributed by atoms with Crippen molar-refractivity contribution in [3.8, 4) is 0 Å². The standard InChI is InChI=1S/C16H12ClFN4O2/c17-11-7-9(5-6-12(11)18)20-14(23)8-19-16(24)15-10-3-1-2-4-13(10)21-22-15/h1-7H,8H2,(H,19,24)(H,20,23)(H,21,22). The van der Waals surface area contributed by atoms with Gasteiger partial charge in [-0.3, -0.25) is 14.7 Å². The van der Waals surface area contributed by atoms with Crippen molar-refractivity contribution in [2.75, 3.05) is 11.9 Å². The highest BCUT2D eigenvalue weighted by Crippen LogP contribution is 2.19. The number of H-pyrrole nitrogens is 1. The van der Waals surface area contributed by atoms with Crippen LogP contribution in [0.5, 0.6) is 0 Å². The second-order valence-corrected chi connectivity index (χ2v) is 5.38. The minimum absolute atomic E-state index is 0.0974. The predicted octanol–water partition coefficient (Wildman–Crippen LogP) is 2.72. The first-order chi connectivity index (χ1) is 11.5. The van der Waals surface area contributed by atoms with E-state index < -0.39 is 17.6 Å². The number of anilines is 1. The van der Waals surface area contributed by atoms with Crippen molar-refractivity contribution in [2.45, 2.75) is 0 Å². The summed E-state index contributed by atoms with van der Waals surface area (Å²) in [5, 5.41) is 12.3. The molecule has 0 atom stereocenters. The van der Waals surface area contributed by atoms with Gasteiger partial charge in [-0.1, -0.05) is 29.8 Å². The van der Waals surface area contributed by atoms with Crippen molar-refractivity contribution >= 4 is 40.0 Å². The fourth-order valence-electron chi connectivity index (χ4n) is 2.16. The normalized spacial score (nSPS) is 10.6. The number of para-hydroxylation sites is 1. The number of carbonyl (C=O) groups is 2. The third kappa shape index (κ3) is 3.36. The van der Waals surface area contributed by atoms with Crippen LogP contribution in [-0.2, 0) is 4.79 Å². The number of hydrogen-bond acceptors (Lipinski definition) is 3. The van der Waals surface area contributed by atoms with E-state index in [1.165, 1.54) is 12.1 Å². The maximum Gasteiger partial charge on any atom is 0.272 e. The number of fused-ring (bicyclic) bond motifs is 1. The van der Waals surface area contributed by atoms with Crippen LogP contribution in [0.1, 0.15) is 10.5 Å². The van der Waals surface area contributed by atoms with E-state index in [-0.39, 0.29) is 17.3 Å². The van der Waals surface area contributed by atoms with E-state index in [1.807, 2.05) is 6.07 Å².